The number of aromatic nitrogens is 1. The highest BCUT2D eigenvalue weighted by Gasteiger charge is 2.15. The molecule has 1 aromatic heterocycles. The van der Waals surface area contributed by atoms with E-state index in [-0.39, 0.29) is 4.90 Å². The van der Waals surface area contributed by atoms with Gasteiger partial charge in [-0.2, -0.15) is 0 Å². The molecule has 1 heterocycles. The van der Waals surface area contributed by atoms with Gasteiger partial charge in [0, 0.05) is 33.7 Å². The van der Waals surface area contributed by atoms with Crippen LogP contribution in [0, 0.1) is 6.92 Å². The van der Waals surface area contributed by atoms with E-state index in [2.05, 4.69) is 9.71 Å². The molecule has 0 radical (unpaired) electrons. The van der Waals surface area contributed by atoms with Gasteiger partial charge in [-0.25, -0.2) is 13.1 Å². The van der Waals surface area contributed by atoms with Crippen LogP contribution in [0.3, 0.4) is 0 Å². The van der Waals surface area contributed by atoms with Crippen LogP contribution >= 0.6 is 23.2 Å². The first-order valence-electron chi connectivity index (χ1n) is 7.38. The zero-order chi connectivity index (χ0) is 17.3. The number of halogens is 2. The maximum Gasteiger partial charge on any atom is 0.240 e. The smallest absolute Gasteiger partial charge is 0.240 e. The number of hydrogen-bond acceptors (Lipinski definition) is 2. The summed E-state index contributed by atoms with van der Waals surface area (Å²) < 4.78 is 27.3. The van der Waals surface area contributed by atoms with Crippen molar-refractivity contribution in [3.05, 3.63) is 63.8 Å². The Morgan fingerprint density at radius 2 is 1.92 bits per heavy atom. The van der Waals surface area contributed by atoms with Gasteiger partial charge in [0.1, 0.15) is 0 Å². The van der Waals surface area contributed by atoms with Crippen LogP contribution in [-0.2, 0) is 16.4 Å². The Morgan fingerprint density at radius 3 is 2.67 bits per heavy atom. The predicted octanol–water partition coefficient (Wildman–Crippen LogP) is 4.30. The standard InChI is InChI=1S/C17H16Cl2N2O2S/c1-11-8-14(3-5-16(11)19)24(22,23)21-7-6-12-10-20-17-9-13(18)2-4-15(12)17/h2-5,8-10,20-21H,6-7H2,1H3. The SMILES string of the molecule is Cc1cc(S(=O)(=O)NCCc2c[nH]c3cc(Cl)ccc23)ccc1Cl. The molecule has 3 aromatic rings. The number of fused-ring (bicyclic) bond motifs is 1. The van der Waals surface area contributed by atoms with Crippen molar-refractivity contribution in [3.63, 3.8) is 0 Å². The average molecular weight is 383 g/mol. The molecule has 0 saturated carbocycles. The van der Waals surface area contributed by atoms with Crippen molar-refractivity contribution < 1.29 is 8.42 Å². The van der Waals surface area contributed by atoms with E-state index >= 15 is 0 Å². The Hall–Kier alpha value is -1.53. The van der Waals surface area contributed by atoms with Gasteiger partial charge in [0.05, 0.1) is 4.90 Å². The fourth-order valence-corrected chi connectivity index (χ4v) is 3.96. The molecule has 0 bridgehead atoms. The van der Waals surface area contributed by atoms with Gasteiger partial charge < -0.3 is 4.98 Å². The lowest BCUT2D eigenvalue weighted by Gasteiger charge is -2.08. The molecule has 0 spiro atoms. The number of aromatic amines is 1. The molecule has 0 unspecified atom stereocenters. The lowest BCUT2D eigenvalue weighted by molar-refractivity contribution is 0.581. The minimum atomic E-state index is -3.55. The summed E-state index contributed by atoms with van der Waals surface area (Å²) in [5, 5.41) is 2.25. The zero-order valence-electron chi connectivity index (χ0n) is 12.9. The van der Waals surface area contributed by atoms with Crippen molar-refractivity contribution in [2.75, 3.05) is 6.54 Å². The summed E-state index contributed by atoms with van der Waals surface area (Å²) in [7, 11) is -3.55. The third-order valence-corrected chi connectivity index (χ3v) is 5.97. The van der Waals surface area contributed by atoms with E-state index in [0.717, 1.165) is 22.0 Å². The molecule has 126 valence electrons. The summed E-state index contributed by atoms with van der Waals surface area (Å²) >= 11 is 11.9. The largest absolute Gasteiger partial charge is 0.361 e. The Labute approximate surface area is 150 Å². The monoisotopic (exact) mass is 382 g/mol. The van der Waals surface area contributed by atoms with Crippen LogP contribution in [0.15, 0.2) is 47.5 Å². The van der Waals surface area contributed by atoms with E-state index in [1.807, 2.05) is 24.4 Å². The van der Waals surface area contributed by atoms with Gasteiger partial charge in [0.2, 0.25) is 10.0 Å². The Balaban J connectivity index is 1.71. The van der Waals surface area contributed by atoms with Crippen molar-refractivity contribution in [1.29, 1.82) is 0 Å². The molecule has 0 aliphatic heterocycles. The maximum absolute atomic E-state index is 12.4. The Morgan fingerprint density at radius 1 is 1.12 bits per heavy atom. The molecular formula is C17H16Cl2N2O2S. The molecule has 4 nitrogen and oxygen atoms in total. The molecule has 2 aromatic carbocycles. The molecule has 0 saturated heterocycles. The second-order valence-electron chi connectivity index (χ2n) is 5.56. The summed E-state index contributed by atoms with van der Waals surface area (Å²) in [6, 6.07) is 10.3. The van der Waals surface area contributed by atoms with Crippen molar-refractivity contribution in [3.8, 4) is 0 Å². The molecule has 3 rings (SSSR count). The highest BCUT2D eigenvalue weighted by atomic mass is 35.5. The Bertz CT molecular complexity index is 997. The average Bonchev–Trinajstić information content (AvgIpc) is 2.92. The normalized spacial score (nSPS) is 12.0. The van der Waals surface area contributed by atoms with Crippen LogP contribution in [0.4, 0.5) is 0 Å². The van der Waals surface area contributed by atoms with E-state index in [1.165, 1.54) is 6.07 Å². The van der Waals surface area contributed by atoms with E-state index < -0.39 is 10.0 Å². The first-order chi connectivity index (χ1) is 11.4. The topological polar surface area (TPSA) is 62.0 Å². The first-order valence-corrected chi connectivity index (χ1v) is 9.62. The highest BCUT2D eigenvalue weighted by molar-refractivity contribution is 7.89. The van der Waals surface area contributed by atoms with Crippen LogP contribution in [0.25, 0.3) is 10.9 Å². The van der Waals surface area contributed by atoms with Gasteiger partial charge >= 0.3 is 0 Å². The summed E-state index contributed by atoms with van der Waals surface area (Å²) in [6.07, 6.45) is 2.45. The molecule has 0 aliphatic rings. The zero-order valence-corrected chi connectivity index (χ0v) is 15.3. The minimum Gasteiger partial charge on any atom is -0.361 e. The van der Waals surface area contributed by atoms with Crippen LogP contribution in [-0.4, -0.2) is 19.9 Å². The fourth-order valence-electron chi connectivity index (χ4n) is 2.55. The predicted molar refractivity (Wildman–Crippen MR) is 98.4 cm³/mol. The quantitative estimate of drug-likeness (QED) is 0.690. The molecule has 7 heteroatoms. The van der Waals surface area contributed by atoms with Crippen LogP contribution < -0.4 is 4.72 Å². The number of sulfonamides is 1. The molecule has 0 amide bonds. The van der Waals surface area contributed by atoms with Crippen LogP contribution in [0.2, 0.25) is 10.0 Å². The van der Waals surface area contributed by atoms with Crippen LogP contribution in [0.5, 0.6) is 0 Å². The van der Waals surface area contributed by atoms with Crippen molar-refractivity contribution in [1.82, 2.24) is 9.71 Å². The molecule has 0 fully saturated rings. The van der Waals surface area contributed by atoms with Crippen LogP contribution in [0.1, 0.15) is 11.1 Å². The number of hydrogen-bond donors (Lipinski definition) is 2. The van der Waals surface area contributed by atoms with E-state index in [0.29, 0.717) is 23.0 Å². The maximum atomic E-state index is 12.4. The third kappa shape index (κ3) is 3.59. The third-order valence-electron chi connectivity index (χ3n) is 3.86. The van der Waals surface area contributed by atoms with Gasteiger partial charge in [0.25, 0.3) is 0 Å². The van der Waals surface area contributed by atoms with Gasteiger partial charge in [-0.05, 0) is 54.8 Å². The van der Waals surface area contributed by atoms with E-state index in [9.17, 15) is 8.42 Å². The number of nitrogens with one attached hydrogen (secondary N) is 2. The number of rotatable bonds is 5. The first kappa shape index (κ1) is 17.3. The summed E-state index contributed by atoms with van der Waals surface area (Å²) in [6.45, 7) is 2.08. The molecule has 24 heavy (non-hydrogen) atoms. The molecule has 0 aliphatic carbocycles. The molecule has 2 N–H and O–H groups in total. The van der Waals surface area contributed by atoms with Gasteiger partial charge in [0.15, 0.2) is 0 Å². The van der Waals surface area contributed by atoms with E-state index in [1.54, 1.807) is 19.1 Å². The number of benzene rings is 2. The van der Waals surface area contributed by atoms with Crippen molar-refractivity contribution in [2.24, 2.45) is 0 Å². The highest BCUT2D eigenvalue weighted by Crippen LogP contribution is 2.23. The Kier molecular flexibility index (Phi) is 4.88. The van der Waals surface area contributed by atoms with Gasteiger partial charge in [-0.1, -0.05) is 29.3 Å². The fraction of sp³-hybridized carbons (Fsp3) is 0.176. The van der Waals surface area contributed by atoms with Crippen molar-refractivity contribution >= 4 is 44.1 Å². The van der Waals surface area contributed by atoms with Gasteiger partial charge in [-0.3, -0.25) is 0 Å². The lowest BCUT2D eigenvalue weighted by Crippen LogP contribution is -2.26. The van der Waals surface area contributed by atoms with E-state index in [4.69, 9.17) is 23.2 Å². The summed E-state index contributed by atoms with van der Waals surface area (Å²) in [4.78, 5) is 3.36. The molecule has 0 atom stereocenters. The second-order valence-corrected chi connectivity index (χ2v) is 8.17. The summed E-state index contributed by atoms with van der Waals surface area (Å²) in [5.74, 6) is 0. The number of H-pyrrole nitrogens is 1. The minimum absolute atomic E-state index is 0.218. The lowest BCUT2D eigenvalue weighted by atomic mass is 10.1. The van der Waals surface area contributed by atoms with Gasteiger partial charge in [-0.15, -0.1) is 0 Å². The summed E-state index contributed by atoms with van der Waals surface area (Å²) in [5.41, 5.74) is 2.71. The molecular weight excluding hydrogens is 367 g/mol. The number of aryl methyl sites for hydroxylation is 1. The second kappa shape index (κ2) is 6.76. The van der Waals surface area contributed by atoms with Crippen molar-refractivity contribution in [2.45, 2.75) is 18.2 Å².